The Morgan fingerprint density at radius 3 is 2.50 bits per heavy atom. The van der Waals surface area contributed by atoms with Gasteiger partial charge in [-0.2, -0.15) is 0 Å². The van der Waals surface area contributed by atoms with Gasteiger partial charge in [0.05, 0.1) is 18.1 Å². The highest BCUT2D eigenvalue weighted by molar-refractivity contribution is 7.91. The third-order valence-corrected chi connectivity index (χ3v) is 5.27. The van der Waals surface area contributed by atoms with E-state index in [0.29, 0.717) is 6.42 Å². The Morgan fingerprint density at radius 1 is 1.30 bits per heavy atom. The molecule has 0 radical (unpaired) electrons. The lowest BCUT2D eigenvalue weighted by Crippen LogP contribution is -2.39. The number of carbonyl (C=O) groups is 1. The minimum Gasteiger partial charge on any atom is -0.376 e. The van der Waals surface area contributed by atoms with Crippen molar-refractivity contribution in [2.45, 2.75) is 26.3 Å². The highest BCUT2D eigenvalue weighted by Crippen LogP contribution is 2.19. The van der Waals surface area contributed by atoms with Crippen molar-refractivity contribution in [1.82, 2.24) is 5.32 Å². The van der Waals surface area contributed by atoms with E-state index in [1.165, 1.54) is 0 Å². The minimum absolute atomic E-state index is 0.0577. The maximum atomic E-state index is 11.8. The number of sulfone groups is 1. The molecular weight excluding hydrogens is 276 g/mol. The molecule has 1 unspecified atom stereocenters. The fourth-order valence-corrected chi connectivity index (χ4v) is 4.12. The first-order valence-electron chi connectivity index (χ1n) is 6.67. The zero-order valence-corrected chi connectivity index (χ0v) is 12.6. The number of nitrogens with one attached hydrogen (secondary N) is 2. The smallest absolute Gasteiger partial charge is 0.239 e. The van der Waals surface area contributed by atoms with Crippen molar-refractivity contribution in [3.63, 3.8) is 0 Å². The summed E-state index contributed by atoms with van der Waals surface area (Å²) in [4.78, 5) is 11.8. The Balaban J connectivity index is 1.87. The van der Waals surface area contributed by atoms with Gasteiger partial charge in [-0.1, -0.05) is 18.2 Å². The standard InChI is InChI=1S/C14H20N2O3S/c1-10-4-3-5-11(2)14(10)15-8-13(17)16-12-6-7-20(18,19)9-12/h3-5,12,15H,6-9H2,1-2H3,(H,16,17). The van der Waals surface area contributed by atoms with Gasteiger partial charge in [-0.3, -0.25) is 4.79 Å². The van der Waals surface area contributed by atoms with Crippen LogP contribution in [0.2, 0.25) is 0 Å². The molecule has 1 aliphatic rings. The van der Waals surface area contributed by atoms with Crippen LogP contribution in [-0.2, 0) is 14.6 Å². The molecule has 1 saturated heterocycles. The number of para-hydroxylation sites is 1. The third kappa shape index (κ3) is 3.72. The Hall–Kier alpha value is -1.56. The van der Waals surface area contributed by atoms with Crippen molar-refractivity contribution < 1.29 is 13.2 Å². The topological polar surface area (TPSA) is 75.3 Å². The summed E-state index contributed by atoms with van der Waals surface area (Å²) < 4.78 is 22.6. The van der Waals surface area contributed by atoms with E-state index >= 15 is 0 Å². The zero-order chi connectivity index (χ0) is 14.8. The van der Waals surface area contributed by atoms with Crippen molar-refractivity contribution in [1.29, 1.82) is 0 Å². The van der Waals surface area contributed by atoms with E-state index in [2.05, 4.69) is 10.6 Å². The lowest BCUT2D eigenvalue weighted by Gasteiger charge is -2.14. The largest absolute Gasteiger partial charge is 0.376 e. The SMILES string of the molecule is Cc1cccc(C)c1NCC(=O)NC1CCS(=O)(=O)C1. The van der Waals surface area contributed by atoms with Gasteiger partial charge in [0.25, 0.3) is 0 Å². The van der Waals surface area contributed by atoms with Crippen LogP contribution in [0.1, 0.15) is 17.5 Å². The van der Waals surface area contributed by atoms with E-state index < -0.39 is 9.84 Å². The van der Waals surface area contributed by atoms with E-state index in [1.54, 1.807) is 0 Å². The predicted molar refractivity (Wildman–Crippen MR) is 79.6 cm³/mol. The van der Waals surface area contributed by atoms with Crippen LogP contribution in [0.4, 0.5) is 5.69 Å². The van der Waals surface area contributed by atoms with Crippen molar-refractivity contribution in [2.24, 2.45) is 0 Å². The van der Waals surface area contributed by atoms with Gasteiger partial charge in [0, 0.05) is 11.7 Å². The second kappa shape index (κ2) is 5.83. The van der Waals surface area contributed by atoms with Gasteiger partial charge in [-0.25, -0.2) is 8.42 Å². The summed E-state index contributed by atoms with van der Waals surface area (Å²) in [5.41, 5.74) is 3.13. The van der Waals surface area contributed by atoms with Crippen LogP contribution >= 0.6 is 0 Å². The Labute approximate surface area is 119 Å². The number of benzene rings is 1. The number of rotatable bonds is 4. The summed E-state index contributed by atoms with van der Waals surface area (Å²) in [6.45, 7) is 4.12. The molecule has 0 aliphatic carbocycles. The summed E-state index contributed by atoms with van der Waals surface area (Å²) in [7, 11) is -2.96. The van der Waals surface area contributed by atoms with Gasteiger partial charge < -0.3 is 10.6 Å². The van der Waals surface area contributed by atoms with Crippen molar-refractivity contribution in [3.8, 4) is 0 Å². The summed E-state index contributed by atoms with van der Waals surface area (Å²) in [5, 5.41) is 5.88. The molecule has 110 valence electrons. The quantitative estimate of drug-likeness (QED) is 0.870. The molecule has 0 spiro atoms. The molecule has 1 heterocycles. The molecule has 2 N–H and O–H groups in total. The fourth-order valence-electron chi connectivity index (χ4n) is 2.45. The summed E-state index contributed by atoms with van der Waals surface area (Å²) in [6.07, 6.45) is 0.511. The molecule has 6 heteroatoms. The summed E-state index contributed by atoms with van der Waals surface area (Å²) >= 11 is 0. The molecule has 1 amide bonds. The number of aryl methyl sites for hydroxylation is 2. The first-order chi connectivity index (χ1) is 9.37. The monoisotopic (exact) mass is 296 g/mol. The Kier molecular flexibility index (Phi) is 4.32. The van der Waals surface area contributed by atoms with Gasteiger partial charge in [-0.05, 0) is 31.4 Å². The molecule has 0 aromatic heterocycles. The number of amides is 1. The average Bonchev–Trinajstić information content (AvgIpc) is 2.68. The van der Waals surface area contributed by atoms with E-state index in [0.717, 1.165) is 16.8 Å². The molecule has 1 fully saturated rings. The second-order valence-corrected chi connectivity index (χ2v) is 7.52. The normalized spacial score (nSPS) is 20.6. The first kappa shape index (κ1) is 14.8. The van der Waals surface area contributed by atoms with Gasteiger partial charge in [0.2, 0.25) is 5.91 Å². The highest BCUT2D eigenvalue weighted by Gasteiger charge is 2.28. The van der Waals surface area contributed by atoms with Crippen molar-refractivity contribution in [3.05, 3.63) is 29.3 Å². The molecule has 2 rings (SSSR count). The second-order valence-electron chi connectivity index (χ2n) is 5.29. The van der Waals surface area contributed by atoms with Crippen LogP contribution in [0.15, 0.2) is 18.2 Å². The van der Waals surface area contributed by atoms with Gasteiger partial charge in [0.15, 0.2) is 9.84 Å². The number of anilines is 1. The van der Waals surface area contributed by atoms with Crippen LogP contribution in [0, 0.1) is 13.8 Å². The molecule has 1 aromatic rings. The number of carbonyl (C=O) groups excluding carboxylic acids is 1. The fraction of sp³-hybridized carbons (Fsp3) is 0.500. The minimum atomic E-state index is -2.96. The van der Waals surface area contributed by atoms with Crippen LogP contribution < -0.4 is 10.6 Å². The Morgan fingerprint density at radius 2 is 1.95 bits per heavy atom. The summed E-state index contributed by atoms with van der Waals surface area (Å²) in [5.74, 6) is 0.0551. The Bertz CT molecular complexity index is 591. The molecule has 20 heavy (non-hydrogen) atoms. The van der Waals surface area contributed by atoms with E-state index in [4.69, 9.17) is 0 Å². The average molecular weight is 296 g/mol. The van der Waals surface area contributed by atoms with Gasteiger partial charge in [-0.15, -0.1) is 0 Å². The zero-order valence-electron chi connectivity index (χ0n) is 11.8. The molecule has 0 saturated carbocycles. The molecule has 5 nitrogen and oxygen atoms in total. The van der Waals surface area contributed by atoms with E-state index in [1.807, 2.05) is 32.0 Å². The number of hydrogen-bond donors (Lipinski definition) is 2. The van der Waals surface area contributed by atoms with E-state index in [-0.39, 0.29) is 30.0 Å². The van der Waals surface area contributed by atoms with Gasteiger partial charge >= 0.3 is 0 Å². The molecular formula is C14H20N2O3S. The van der Waals surface area contributed by atoms with Crippen LogP contribution in [0.25, 0.3) is 0 Å². The number of hydrogen-bond acceptors (Lipinski definition) is 4. The highest BCUT2D eigenvalue weighted by atomic mass is 32.2. The molecule has 1 aliphatic heterocycles. The maximum Gasteiger partial charge on any atom is 0.239 e. The molecule has 1 aromatic carbocycles. The van der Waals surface area contributed by atoms with Crippen LogP contribution in [-0.4, -0.2) is 38.4 Å². The van der Waals surface area contributed by atoms with Crippen LogP contribution in [0.3, 0.4) is 0 Å². The van der Waals surface area contributed by atoms with Crippen LogP contribution in [0.5, 0.6) is 0 Å². The lowest BCUT2D eigenvalue weighted by atomic mass is 10.1. The summed E-state index contributed by atoms with van der Waals surface area (Å²) in [6, 6.07) is 5.69. The molecule has 1 atom stereocenters. The maximum absolute atomic E-state index is 11.8. The lowest BCUT2D eigenvalue weighted by molar-refractivity contribution is -0.119. The van der Waals surface area contributed by atoms with E-state index in [9.17, 15) is 13.2 Å². The first-order valence-corrected chi connectivity index (χ1v) is 8.49. The van der Waals surface area contributed by atoms with Crippen molar-refractivity contribution in [2.75, 3.05) is 23.4 Å². The van der Waals surface area contributed by atoms with Gasteiger partial charge in [0.1, 0.15) is 0 Å². The third-order valence-electron chi connectivity index (χ3n) is 3.50. The molecule has 0 bridgehead atoms. The van der Waals surface area contributed by atoms with Crippen molar-refractivity contribution >= 4 is 21.4 Å². The predicted octanol–water partition coefficient (Wildman–Crippen LogP) is 1.02.